The van der Waals surface area contributed by atoms with Crippen LogP contribution in [0.2, 0.25) is 0 Å². The summed E-state index contributed by atoms with van der Waals surface area (Å²) >= 11 is 0. The zero-order valence-electron chi connectivity index (χ0n) is 15.3. The van der Waals surface area contributed by atoms with Crippen LogP contribution in [-0.4, -0.2) is 24.6 Å². The molecule has 2 aromatic carbocycles. The molecule has 2 heterocycles. The Balaban J connectivity index is 1.60. The number of urea groups is 1. The van der Waals surface area contributed by atoms with Gasteiger partial charge in [0.05, 0.1) is 16.3 Å². The number of hydrazine groups is 1. The third kappa shape index (κ3) is 3.58. The number of anilines is 4. The van der Waals surface area contributed by atoms with E-state index in [1.807, 2.05) is 6.92 Å². The maximum absolute atomic E-state index is 12.6. The largest absolute Gasteiger partial charge is 0.347 e. The molecule has 0 aliphatic carbocycles. The summed E-state index contributed by atoms with van der Waals surface area (Å²) in [6.45, 7) is 1.83. The maximum atomic E-state index is 12.6. The number of hydrogen-bond acceptors (Lipinski definition) is 6. The number of aromatic nitrogens is 1. The molecule has 0 spiro atoms. The number of aryl methyl sites for hydroxylation is 1. The van der Waals surface area contributed by atoms with E-state index in [9.17, 15) is 18.4 Å². The molecule has 0 radical (unpaired) electrons. The Bertz CT molecular complexity index is 1180. The van der Waals surface area contributed by atoms with Crippen LogP contribution in [0.15, 0.2) is 71.8 Å². The van der Waals surface area contributed by atoms with Crippen molar-refractivity contribution < 1.29 is 18.4 Å². The number of rotatable bonds is 4. The summed E-state index contributed by atoms with van der Waals surface area (Å²) in [7, 11) is -3.86. The highest BCUT2D eigenvalue weighted by atomic mass is 32.2. The van der Waals surface area contributed by atoms with Gasteiger partial charge in [-0.15, -0.1) is 0 Å². The molecule has 0 atom stereocenters. The Labute approximate surface area is 167 Å². The quantitative estimate of drug-likeness (QED) is 0.606. The average Bonchev–Trinajstić information content (AvgIpc) is 2.68. The predicted molar refractivity (Wildman–Crippen MR) is 108 cm³/mol. The van der Waals surface area contributed by atoms with Crippen LogP contribution in [0, 0.1) is 6.92 Å². The van der Waals surface area contributed by atoms with Crippen molar-refractivity contribution in [2.24, 2.45) is 0 Å². The van der Waals surface area contributed by atoms with Gasteiger partial charge in [0, 0.05) is 6.20 Å². The minimum atomic E-state index is -3.86. The number of carbonyl (C=O) groups is 1. The van der Waals surface area contributed by atoms with Crippen molar-refractivity contribution in [3.63, 3.8) is 0 Å². The van der Waals surface area contributed by atoms with Crippen molar-refractivity contribution in [1.29, 1.82) is 0 Å². The van der Waals surface area contributed by atoms with Crippen LogP contribution in [-0.2, 0) is 10.0 Å². The topological polar surface area (TPSA) is 115 Å². The second-order valence-electron chi connectivity index (χ2n) is 6.37. The van der Waals surface area contributed by atoms with E-state index in [0.717, 1.165) is 10.6 Å². The molecule has 1 aromatic heterocycles. The van der Waals surface area contributed by atoms with Gasteiger partial charge in [-0.05, 0) is 61.0 Å². The van der Waals surface area contributed by atoms with Gasteiger partial charge in [0.15, 0.2) is 0 Å². The predicted octanol–water partition coefficient (Wildman–Crippen LogP) is 3.35. The Morgan fingerprint density at radius 3 is 2.52 bits per heavy atom. The molecule has 0 saturated carbocycles. The van der Waals surface area contributed by atoms with Crippen LogP contribution in [0.25, 0.3) is 0 Å². The summed E-state index contributed by atoms with van der Waals surface area (Å²) in [5, 5.41) is 14.8. The van der Waals surface area contributed by atoms with Gasteiger partial charge in [0.25, 0.3) is 10.0 Å². The van der Waals surface area contributed by atoms with Gasteiger partial charge >= 0.3 is 6.03 Å². The van der Waals surface area contributed by atoms with E-state index in [4.69, 9.17) is 0 Å². The lowest BCUT2D eigenvalue weighted by Gasteiger charge is -2.36. The van der Waals surface area contributed by atoms with Gasteiger partial charge in [-0.25, -0.2) is 18.2 Å². The first kappa shape index (κ1) is 18.7. The van der Waals surface area contributed by atoms with E-state index >= 15 is 0 Å². The lowest BCUT2D eigenvalue weighted by Crippen LogP contribution is -2.50. The number of pyridine rings is 1. The number of hydrogen-bond donors (Lipinski definition) is 3. The third-order valence-corrected chi connectivity index (χ3v) is 5.66. The number of benzene rings is 2. The molecule has 0 fully saturated rings. The summed E-state index contributed by atoms with van der Waals surface area (Å²) in [4.78, 5) is 16.4. The van der Waals surface area contributed by atoms with E-state index in [-0.39, 0.29) is 16.4 Å². The molecule has 3 N–H and O–H groups in total. The standard InChI is InChI=1S/C19H17N5O4S/c1-13-10-11-20-18(12-13)22-29(27,28)15-8-6-14(7-9-15)23-19(25)21-16-4-2-3-5-17(16)24(23)26/h2-12,26H,1H3,(H,20,22)(H,21,25). The molecule has 0 saturated heterocycles. The Kier molecular flexibility index (Phi) is 4.57. The van der Waals surface area contributed by atoms with Crippen LogP contribution in [0.3, 0.4) is 0 Å². The molecule has 9 nitrogen and oxygen atoms in total. The lowest BCUT2D eigenvalue weighted by atomic mass is 10.2. The van der Waals surface area contributed by atoms with Crippen molar-refractivity contribution in [3.05, 3.63) is 72.4 Å². The monoisotopic (exact) mass is 411 g/mol. The van der Waals surface area contributed by atoms with E-state index in [1.54, 1.807) is 36.4 Å². The van der Waals surface area contributed by atoms with Crippen molar-refractivity contribution in [1.82, 2.24) is 4.98 Å². The highest BCUT2D eigenvalue weighted by molar-refractivity contribution is 7.92. The SMILES string of the molecule is Cc1ccnc(NS(=O)(=O)c2ccc(N3C(=O)Nc4ccccc4N3O)cc2)c1. The fourth-order valence-electron chi connectivity index (χ4n) is 2.90. The molecule has 1 aliphatic rings. The molecule has 148 valence electrons. The van der Waals surface area contributed by atoms with E-state index in [2.05, 4.69) is 15.0 Å². The molecular weight excluding hydrogens is 394 g/mol. The zero-order chi connectivity index (χ0) is 20.6. The summed E-state index contributed by atoms with van der Waals surface area (Å²) in [5.74, 6) is 0.211. The Morgan fingerprint density at radius 2 is 1.79 bits per heavy atom. The van der Waals surface area contributed by atoms with E-state index in [0.29, 0.717) is 16.5 Å². The first-order chi connectivity index (χ1) is 13.8. The molecule has 29 heavy (non-hydrogen) atoms. The maximum Gasteiger partial charge on any atom is 0.347 e. The first-order valence-electron chi connectivity index (χ1n) is 8.60. The summed E-state index contributed by atoms with van der Waals surface area (Å²) in [6, 6.07) is 15.1. The van der Waals surface area contributed by atoms with Gasteiger partial charge in [-0.2, -0.15) is 10.2 Å². The minimum Gasteiger partial charge on any atom is -0.304 e. The average molecular weight is 411 g/mol. The van der Waals surface area contributed by atoms with Gasteiger partial charge in [0.1, 0.15) is 11.5 Å². The van der Waals surface area contributed by atoms with Gasteiger partial charge < -0.3 is 5.32 Å². The molecule has 1 aliphatic heterocycles. The molecule has 2 amide bonds. The van der Waals surface area contributed by atoms with E-state index < -0.39 is 16.1 Å². The highest BCUT2D eigenvalue weighted by Crippen LogP contribution is 2.33. The van der Waals surface area contributed by atoms with Crippen molar-refractivity contribution >= 4 is 38.9 Å². The molecule has 0 unspecified atom stereocenters. The number of fused-ring (bicyclic) bond motifs is 1. The summed E-state index contributed by atoms with van der Waals surface area (Å²) in [5.41, 5.74) is 2.00. The molecule has 3 aromatic rings. The fraction of sp³-hybridized carbons (Fsp3) is 0.0526. The van der Waals surface area contributed by atoms with Crippen LogP contribution in [0.5, 0.6) is 0 Å². The van der Waals surface area contributed by atoms with Crippen molar-refractivity contribution in [2.75, 3.05) is 20.2 Å². The normalized spacial score (nSPS) is 13.7. The Morgan fingerprint density at radius 1 is 1.07 bits per heavy atom. The second kappa shape index (κ2) is 7.08. The molecule has 0 bridgehead atoms. The van der Waals surface area contributed by atoms with Crippen LogP contribution < -0.4 is 20.2 Å². The van der Waals surface area contributed by atoms with Crippen LogP contribution >= 0.6 is 0 Å². The fourth-order valence-corrected chi connectivity index (χ4v) is 3.90. The van der Waals surface area contributed by atoms with E-state index in [1.165, 1.54) is 30.5 Å². The zero-order valence-corrected chi connectivity index (χ0v) is 16.1. The number of amides is 2. The number of carbonyl (C=O) groups excluding carboxylic acids is 1. The van der Waals surface area contributed by atoms with Crippen LogP contribution in [0.1, 0.15) is 5.56 Å². The number of nitrogens with one attached hydrogen (secondary N) is 2. The summed E-state index contributed by atoms with van der Waals surface area (Å²) < 4.78 is 27.6. The van der Waals surface area contributed by atoms with Crippen molar-refractivity contribution in [2.45, 2.75) is 11.8 Å². The smallest absolute Gasteiger partial charge is 0.304 e. The van der Waals surface area contributed by atoms with Gasteiger partial charge in [0.2, 0.25) is 0 Å². The lowest BCUT2D eigenvalue weighted by molar-refractivity contribution is 0.221. The highest BCUT2D eigenvalue weighted by Gasteiger charge is 2.30. The molecule has 4 rings (SSSR count). The molecular formula is C19H17N5O4S. The number of para-hydroxylation sites is 2. The number of sulfonamides is 1. The van der Waals surface area contributed by atoms with Gasteiger partial charge in [-0.3, -0.25) is 9.93 Å². The van der Waals surface area contributed by atoms with Crippen molar-refractivity contribution in [3.8, 4) is 0 Å². The molecule has 10 heteroatoms. The second-order valence-corrected chi connectivity index (χ2v) is 8.05. The first-order valence-corrected chi connectivity index (χ1v) is 10.1. The van der Waals surface area contributed by atoms with Gasteiger partial charge in [-0.1, -0.05) is 12.1 Å². The Hall–Kier alpha value is -3.63. The van der Waals surface area contributed by atoms with Crippen LogP contribution in [0.4, 0.5) is 27.7 Å². The minimum absolute atomic E-state index is 0.00753. The summed E-state index contributed by atoms with van der Waals surface area (Å²) in [6.07, 6.45) is 1.51. The number of nitrogens with zero attached hydrogens (tertiary/aromatic N) is 3. The third-order valence-electron chi connectivity index (χ3n) is 4.29.